The Morgan fingerprint density at radius 1 is 1.30 bits per heavy atom. The van der Waals surface area contributed by atoms with Crippen molar-refractivity contribution in [3.63, 3.8) is 0 Å². The molecule has 2 fully saturated rings. The summed E-state index contributed by atoms with van der Waals surface area (Å²) in [4.78, 5) is 14.4. The van der Waals surface area contributed by atoms with E-state index in [4.69, 9.17) is 4.74 Å². The monoisotopic (exact) mass is 327 g/mol. The number of nitrogens with one attached hydrogen (secondary N) is 2. The van der Waals surface area contributed by atoms with Gasteiger partial charge in [0.15, 0.2) is 0 Å². The molecule has 20 heavy (non-hydrogen) atoms. The Morgan fingerprint density at radius 2 is 2.00 bits per heavy atom. The van der Waals surface area contributed by atoms with Gasteiger partial charge in [-0.25, -0.2) is 0 Å². The fourth-order valence-corrected chi connectivity index (χ4v) is 2.73. The Morgan fingerprint density at radius 3 is 2.55 bits per heavy atom. The lowest BCUT2D eigenvalue weighted by atomic mass is 10.0. The number of methoxy groups -OCH3 is 1. The van der Waals surface area contributed by atoms with Crippen LogP contribution >= 0.6 is 24.8 Å². The number of carbonyl (C=O) groups excluding carboxylic acids is 1. The van der Waals surface area contributed by atoms with E-state index in [1.54, 1.807) is 7.11 Å². The minimum Gasteiger partial charge on any atom is -0.383 e. The van der Waals surface area contributed by atoms with Gasteiger partial charge in [-0.05, 0) is 32.2 Å². The van der Waals surface area contributed by atoms with Crippen LogP contribution in [0.3, 0.4) is 0 Å². The second kappa shape index (κ2) is 10.6. The highest BCUT2D eigenvalue weighted by molar-refractivity contribution is 5.85. The lowest BCUT2D eigenvalue weighted by Crippen LogP contribution is -2.49. The molecule has 0 bridgehead atoms. The Kier molecular flexibility index (Phi) is 10.6. The van der Waals surface area contributed by atoms with Gasteiger partial charge in [0.2, 0.25) is 5.91 Å². The van der Waals surface area contributed by atoms with E-state index in [1.807, 2.05) is 0 Å². The maximum absolute atomic E-state index is 12.0. The minimum atomic E-state index is 0. The van der Waals surface area contributed by atoms with Crippen molar-refractivity contribution in [2.75, 3.05) is 39.9 Å². The van der Waals surface area contributed by atoms with Crippen LogP contribution in [-0.2, 0) is 9.53 Å². The molecule has 2 rings (SSSR count). The molecule has 0 aromatic carbocycles. The van der Waals surface area contributed by atoms with Crippen molar-refractivity contribution < 1.29 is 9.53 Å². The molecule has 0 radical (unpaired) electrons. The maximum atomic E-state index is 12.0. The third kappa shape index (κ3) is 6.14. The molecular weight excluding hydrogens is 301 g/mol. The van der Waals surface area contributed by atoms with Gasteiger partial charge in [0, 0.05) is 32.8 Å². The van der Waals surface area contributed by atoms with Crippen LogP contribution in [0.25, 0.3) is 0 Å². The number of halogens is 2. The number of piperidine rings is 1. The average Bonchev–Trinajstić information content (AvgIpc) is 2.92. The van der Waals surface area contributed by atoms with Crippen molar-refractivity contribution in [1.82, 2.24) is 15.5 Å². The van der Waals surface area contributed by atoms with E-state index in [9.17, 15) is 4.79 Å². The van der Waals surface area contributed by atoms with Gasteiger partial charge in [-0.15, -0.1) is 24.8 Å². The first-order valence-electron chi connectivity index (χ1n) is 7.04. The fraction of sp³-hybridized carbons (Fsp3) is 0.923. The third-order valence-electron chi connectivity index (χ3n) is 3.92. The van der Waals surface area contributed by atoms with Gasteiger partial charge >= 0.3 is 0 Å². The molecular formula is C13H27Cl2N3O2. The molecule has 2 aliphatic rings. The number of nitrogens with zero attached hydrogens (tertiary/aromatic N) is 1. The predicted octanol–water partition coefficient (Wildman–Crippen LogP) is 0.809. The van der Waals surface area contributed by atoms with Gasteiger partial charge in [-0.2, -0.15) is 0 Å². The van der Waals surface area contributed by atoms with Crippen LogP contribution < -0.4 is 10.6 Å². The molecule has 0 aromatic rings. The highest BCUT2D eigenvalue weighted by Gasteiger charge is 2.26. The first-order valence-corrected chi connectivity index (χ1v) is 7.04. The number of ether oxygens (including phenoxy) is 1. The van der Waals surface area contributed by atoms with Crippen LogP contribution in [0.5, 0.6) is 0 Å². The van der Waals surface area contributed by atoms with Gasteiger partial charge in [0.05, 0.1) is 12.6 Å². The van der Waals surface area contributed by atoms with E-state index in [0.29, 0.717) is 6.04 Å². The number of likely N-dealkylation sites (tertiary alicyclic amines) is 1. The van der Waals surface area contributed by atoms with E-state index in [0.717, 1.165) is 58.5 Å². The summed E-state index contributed by atoms with van der Waals surface area (Å²) in [5, 5.41) is 6.42. The molecule has 2 aliphatic heterocycles. The van der Waals surface area contributed by atoms with E-state index in [-0.39, 0.29) is 36.8 Å². The number of amides is 1. The van der Waals surface area contributed by atoms with Crippen molar-refractivity contribution in [2.45, 2.75) is 37.8 Å². The lowest BCUT2D eigenvalue weighted by Gasteiger charge is -2.32. The first kappa shape index (κ1) is 19.9. The summed E-state index contributed by atoms with van der Waals surface area (Å²) in [6, 6.07) is 0.412. The van der Waals surface area contributed by atoms with E-state index in [2.05, 4.69) is 15.5 Å². The van der Waals surface area contributed by atoms with Crippen LogP contribution in [0.4, 0.5) is 0 Å². The summed E-state index contributed by atoms with van der Waals surface area (Å²) in [5.41, 5.74) is 0. The zero-order valence-electron chi connectivity index (χ0n) is 12.1. The van der Waals surface area contributed by atoms with E-state index in [1.165, 1.54) is 0 Å². The molecule has 0 saturated carbocycles. The summed E-state index contributed by atoms with van der Waals surface area (Å²) in [6.07, 6.45) is 4.22. The largest absolute Gasteiger partial charge is 0.383 e. The SMILES string of the molecule is COCCN1CCC(NC(=O)[C@@H]2CCCN2)CC1.Cl.Cl. The Labute approximate surface area is 134 Å². The molecule has 7 heteroatoms. The standard InChI is InChI=1S/C13H25N3O2.2ClH/c1-18-10-9-16-7-4-11(5-8-16)15-13(17)12-3-2-6-14-12;;/h11-12,14H,2-10H2,1H3,(H,15,17);2*1H/t12-;;/m0../s1. The Hall–Kier alpha value is -0.0700. The normalized spacial score (nSPS) is 23.8. The lowest BCUT2D eigenvalue weighted by molar-refractivity contribution is -0.123. The second-order valence-corrected chi connectivity index (χ2v) is 5.27. The van der Waals surface area contributed by atoms with Crippen molar-refractivity contribution in [3.8, 4) is 0 Å². The molecule has 2 heterocycles. The third-order valence-corrected chi connectivity index (χ3v) is 3.92. The van der Waals surface area contributed by atoms with Crippen LogP contribution in [-0.4, -0.2) is 62.8 Å². The van der Waals surface area contributed by atoms with Crippen LogP contribution in [0, 0.1) is 0 Å². The van der Waals surface area contributed by atoms with Gasteiger partial charge in [-0.3, -0.25) is 4.79 Å². The first-order chi connectivity index (χ1) is 8.79. The van der Waals surface area contributed by atoms with Gasteiger partial charge in [0.1, 0.15) is 0 Å². The molecule has 5 nitrogen and oxygen atoms in total. The summed E-state index contributed by atoms with van der Waals surface area (Å²) in [6.45, 7) is 4.90. The summed E-state index contributed by atoms with van der Waals surface area (Å²) >= 11 is 0. The number of hydrogen-bond donors (Lipinski definition) is 2. The second-order valence-electron chi connectivity index (χ2n) is 5.27. The van der Waals surface area contributed by atoms with Crippen LogP contribution in [0.1, 0.15) is 25.7 Å². The van der Waals surface area contributed by atoms with Crippen LogP contribution in [0.15, 0.2) is 0 Å². The van der Waals surface area contributed by atoms with Crippen molar-refractivity contribution in [1.29, 1.82) is 0 Å². The van der Waals surface area contributed by atoms with Crippen molar-refractivity contribution >= 4 is 30.7 Å². The fourth-order valence-electron chi connectivity index (χ4n) is 2.73. The Bertz CT molecular complexity index is 268. The average molecular weight is 328 g/mol. The molecule has 0 unspecified atom stereocenters. The predicted molar refractivity (Wildman–Crippen MR) is 85.0 cm³/mol. The number of hydrogen-bond acceptors (Lipinski definition) is 4. The molecule has 2 N–H and O–H groups in total. The molecule has 0 aliphatic carbocycles. The molecule has 120 valence electrons. The molecule has 1 amide bonds. The highest BCUT2D eigenvalue weighted by Crippen LogP contribution is 2.11. The van der Waals surface area contributed by atoms with Crippen molar-refractivity contribution in [3.05, 3.63) is 0 Å². The maximum Gasteiger partial charge on any atom is 0.237 e. The minimum absolute atomic E-state index is 0. The van der Waals surface area contributed by atoms with E-state index < -0.39 is 0 Å². The Balaban J connectivity index is 0.00000180. The summed E-state index contributed by atoms with van der Waals surface area (Å²) in [5.74, 6) is 0.197. The number of rotatable bonds is 5. The van der Waals surface area contributed by atoms with Gasteiger partial charge < -0.3 is 20.3 Å². The highest BCUT2D eigenvalue weighted by atomic mass is 35.5. The van der Waals surface area contributed by atoms with Crippen LogP contribution in [0.2, 0.25) is 0 Å². The smallest absolute Gasteiger partial charge is 0.237 e. The molecule has 1 atom stereocenters. The molecule has 0 aromatic heterocycles. The van der Waals surface area contributed by atoms with Crippen molar-refractivity contribution in [2.24, 2.45) is 0 Å². The summed E-state index contributed by atoms with van der Waals surface area (Å²) in [7, 11) is 1.74. The van der Waals surface area contributed by atoms with E-state index >= 15 is 0 Å². The number of carbonyl (C=O) groups is 1. The topological polar surface area (TPSA) is 53.6 Å². The zero-order chi connectivity index (χ0) is 12.8. The zero-order valence-corrected chi connectivity index (χ0v) is 13.7. The van der Waals surface area contributed by atoms with Gasteiger partial charge in [-0.1, -0.05) is 0 Å². The molecule has 0 spiro atoms. The summed E-state index contributed by atoms with van der Waals surface area (Å²) < 4.78 is 5.08. The van der Waals surface area contributed by atoms with Gasteiger partial charge in [0.25, 0.3) is 0 Å². The molecule has 2 saturated heterocycles. The quantitative estimate of drug-likeness (QED) is 0.784.